The van der Waals surface area contributed by atoms with Crippen LogP contribution in [0.4, 0.5) is 39.5 Å². The molecule has 0 aromatic rings. The summed E-state index contributed by atoms with van der Waals surface area (Å²) in [6.45, 7) is 0.465. The van der Waals surface area contributed by atoms with Crippen molar-refractivity contribution in [1.82, 2.24) is 0 Å². The standard InChI is InChI=1S/C10H12ClF9O2S/c1-2-7(9(15,16)17,10(18,19)20)5-6(8(12,13)14)3-4-23(11,21)22/h6H,2-5H2,1H3. The van der Waals surface area contributed by atoms with Crippen molar-refractivity contribution in [2.24, 2.45) is 11.3 Å². The van der Waals surface area contributed by atoms with Gasteiger partial charge < -0.3 is 0 Å². The van der Waals surface area contributed by atoms with Crippen molar-refractivity contribution in [2.45, 2.75) is 44.7 Å². The Morgan fingerprint density at radius 3 is 1.52 bits per heavy atom. The quantitative estimate of drug-likeness (QED) is 0.461. The second-order valence-electron chi connectivity index (χ2n) is 4.91. The molecule has 0 aliphatic rings. The molecule has 0 aliphatic heterocycles. The molecular formula is C10H12ClF9O2S. The molecule has 0 heterocycles. The maximum Gasteiger partial charge on any atom is 0.403 e. The molecule has 0 spiro atoms. The third-order valence-electron chi connectivity index (χ3n) is 3.46. The van der Waals surface area contributed by atoms with E-state index in [4.69, 9.17) is 0 Å². The lowest BCUT2D eigenvalue weighted by atomic mass is 9.74. The van der Waals surface area contributed by atoms with Gasteiger partial charge in [0.15, 0.2) is 5.41 Å². The van der Waals surface area contributed by atoms with E-state index in [1.807, 2.05) is 0 Å². The minimum Gasteiger partial charge on any atom is -0.212 e. The fourth-order valence-corrected chi connectivity index (χ4v) is 2.86. The zero-order valence-electron chi connectivity index (χ0n) is 11.4. The van der Waals surface area contributed by atoms with E-state index in [0.29, 0.717) is 6.92 Å². The Morgan fingerprint density at radius 1 is 0.913 bits per heavy atom. The number of rotatable bonds is 6. The first-order valence-corrected chi connectivity index (χ1v) is 8.47. The maximum absolute atomic E-state index is 12.9. The minimum atomic E-state index is -5.98. The molecule has 0 aromatic carbocycles. The summed E-state index contributed by atoms with van der Waals surface area (Å²) in [7, 11) is 0.170. The molecule has 0 amide bonds. The van der Waals surface area contributed by atoms with Crippen molar-refractivity contribution in [2.75, 3.05) is 5.75 Å². The third kappa shape index (κ3) is 5.87. The van der Waals surface area contributed by atoms with Crippen molar-refractivity contribution in [3.8, 4) is 0 Å². The van der Waals surface area contributed by atoms with Gasteiger partial charge in [0.2, 0.25) is 9.05 Å². The molecule has 0 rings (SSSR count). The van der Waals surface area contributed by atoms with Crippen molar-refractivity contribution in [3.05, 3.63) is 0 Å². The van der Waals surface area contributed by atoms with Gasteiger partial charge in [-0.25, -0.2) is 8.42 Å². The molecule has 1 unspecified atom stereocenters. The third-order valence-corrected chi connectivity index (χ3v) is 4.64. The molecule has 0 aromatic heterocycles. The normalized spacial score (nSPS) is 16.5. The predicted octanol–water partition coefficient (Wildman–Crippen LogP) is 5.03. The van der Waals surface area contributed by atoms with Crippen molar-refractivity contribution in [1.29, 1.82) is 0 Å². The second-order valence-corrected chi connectivity index (χ2v) is 7.80. The first kappa shape index (κ1) is 22.6. The van der Waals surface area contributed by atoms with E-state index in [2.05, 4.69) is 10.7 Å². The Balaban J connectivity index is 5.81. The average Bonchev–Trinajstić information content (AvgIpc) is 2.22. The van der Waals surface area contributed by atoms with Crippen LogP contribution in [-0.2, 0) is 9.05 Å². The Morgan fingerprint density at radius 2 is 1.30 bits per heavy atom. The smallest absolute Gasteiger partial charge is 0.212 e. The summed E-state index contributed by atoms with van der Waals surface area (Å²) in [5, 5.41) is 0. The first-order valence-electron chi connectivity index (χ1n) is 6.00. The summed E-state index contributed by atoms with van der Waals surface area (Å²) in [5.74, 6) is -4.52. The maximum atomic E-state index is 12.9. The Labute approximate surface area is 130 Å². The molecule has 0 bridgehead atoms. The largest absolute Gasteiger partial charge is 0.403 e. The topological polar surface area (TPSA) is 34.1 Å². The van der Waals surface area contributed by atoms with Crippen molar-refractivity contribution in [3.63, 3.8) is 0 Å². The van der Waals surface area contributed by atoms with Crippen LogP contribution in [-0.4, -0.2) is 32.7 Å². The van der Waals surface area contributed by atoms with Crippen LogP contribution in [0.5, 0.6) is 0 Å². The molecule has 23 heavy (non-hydrogen) atoms. The molecule has 0 fully saturated rings. The van der Waals surface area contributed by atoms with E-state index in [-0.39, 0.29) is 0 Å². The second kappa shape index (κ2) is 6.85. The minimum absolute atomic E-state index is 0.465. The summed E-state index contributed by atoms with van der Waals surface area (Å²) in [6, 6.07) is 0. The van der Waals surface area contributed by atoms with Gasteiger partial charge >= 0.3 is 18.5 Å². The molecule has 0 radical (unpaired) electrons. The number of hydrogen-bond acceptors (Lipinski definition) is 2. The fourth-order valence-electron chi connectivity index (χ4n) is 2.02. The zero-order valence-corrected chi connectivity index (χ0v) is 13.0. The molecule has 0 N–H and O–H groups in total. The monoisotopic (exact) mass is 402 g/mol. The molecule has 0 saturated carbocycles. The van der Waals surface area contributed by atoms with Gasteiger partial charge in [0.1, 0.15) is 0 Å². The van der Waals surface area contributed by atoms with E-state index in [0.717, 1.165) is 0 Å². The lowest BCUT2D eigenvalue weighted by molar-refractivity contribution is -0.353. The number of hydrogen-bond donors (Lipinski definition) is 0. The molecule has 2 nitrogen and oxygen atoms in total. The predicted molar refractivity (Wildman–Crippen MR) is 63.3 cm³/mol. The Kier molecular flexibility index (Phi) is 6.73. The van der Waals surface area contributed by atoms with Gasteiger partial charge in [-0.3, -0.25) is 0 Å². The van der Waals surface area contributed by atoms with Crippen LogP contribution in [0.15, 0.2) is 0 Å². The summed E-state index contributed by atoms with van der Waals surface area (Å²) in [4.78, 5) is 0. The van der Waals surface area contributed by atoms with Gasteiger partial charge in [0, 0.05) is 10.7 Å². The number of alkyl halides is 9. The molecular weight excluding hydrogens is 391 g/mol. The summed E-state index contributed by atoms with van der Waals surface area (Å²) >= 11 is 0. The van der Waals surface area contributed by atoms with Crippen LogP contribution in [0, 0.1) is 11.3 Å². The molecule has 0 aliphatic carbocycles. The van der Waals surface area contributed by atoms with Crippen LogP contribution >= 0.6 is 10.7 Å². The Hall–Kier alpha value is -0.390. The van der Waals surface area contributed by atoms with Crippen LogP contribution in [0.25, 0.3) is 0 Å². The average molecular weight is 403 g/mol. The first-order chi connectivity index (χ1) is 9.87. The highest BCUT2D eigenvalue weighted by Crippen LogP contribution is 2.57. The zero-order chi connectivity index (χ0) is 18.9. The van der Waals surface area contributed by atoms with Crippen molar-refractivity contribution >= 4 is 19.7 Å². The van der Waals surface area contributed by atoms with Crippen molar-refractivity contribution < 1.29 is 47.9 Å². The van der Waals surface area contributed by atoms with Gasteiger partial charge in [-0.15, -0.1) is 0 Å². The van der Waals surface area contributed by atoms with E-state index in [9.17, 15) is 47.9 Å². The summed E-state index contributed by atoms with van der Waals surface area (Å²) < 4.78 is 137. The van der Waals surface area contributed by atoms with E-state index >= 15 is 0 Å². The lowest BCUT2D eigenvalue weighted by Gasteiger charge is -2.39. The van der Waals surface area contributed by atoms with E-state index in [1.165, 1.54) is 0 Å². The fraction of sp³-hybridized carbons (Fsp3) is 1.00. The van der Waals surface area contributed by atoms with Gasteiger partial charge in [0.25, 0.3) is 0 Å². The summed E-state index contributed by atoms with van der Waals surface area (Å²) in [5.41, 5.74) is -4.59. The van der Waals surface area contributed by atoms with Gasteiger partial charge in [0.05, 0.1) is 11.7 Å². The van der Waals surface area contributed by atoms with E-state index < -0.39 is 63.9 Å². The van der Waals surface area contributed by atoms with E-state index in [1.54, 1.807) is 0 Å². The van der Waals surface area contributed by atoms with Crippen LogP contribution in [0.1, 0.15) is 26.2 Å². The highest BCUT2D eigenvalue weighted by molar-refractivity contribution is 8.13. The molecule has 140 valence electrons. The Bertz CT molecular complexity index is 478. The van der Waals surface area contributed by atoms with Gasteiger partial charge in [-0.1, -0.05) is 6.92 Å². The molecule has 13 heteroatoms. The van der Waals surface area contributed by atoms with Crippen LogP contribution in [0.2, 0.25) is 0 Å². The number of halogens is 10. The SMILES string of the molecule is CCC(CC(CCS(=O)(=O)Cl)C(F)(F)F)(C(F)(F)F)C(F)(F)F. The molecule has 1 atom stereocenters. The highest BCUT2D eigenvalue weighted by atomic mass is 35.7. The molecule has 0 saturated heterocycles. The highest BCUT2D eigenvalue weighted by Gasteiger charge is 2.70. The van der Waals surface area contributed by atoms with Gasteiger partial charge in [-0.2, -0.15) is 39.5 Å². The summed E-state index contributed by atoms with van der Waals surface area (Å²) in [6.07, 6.45) is -22.9. The lowest BCUT2D eigenvalue weighted by Crippen LogP contribution is -2.52. The van der Waals surface area contributed by atoms with Gasteiger partial charge in [-0.05, 0) is 19.3 Å². The van der Waals surface area contributed by atoms with Crippen LogP contribution < -0.4 is 0 Å². The van der Waals surface area contributed by atoms with Crippen LogP contribution in [0.3, 0.4) is 0 Å².